The number of nitrogens with one attached hydrogen (secondary N) is 1. The number of tetrazole rings is 1. The quantitative estimate of drug-likeness (QED) is 0.814. The molecular formula is C12H13N5O2. The van der Waals surface area contributed by atoms with Gasteiger partial charge in [0.2, 0.25) is 0 Å². The van der Waals surface area contributed by atoms with Crippen LogP contribution in [-0.4, -0.2) is 33.2 Å². The van der Waals surface area contributed by atoms with Crippen molar-refractivity contribution in [2.24, 2.45) is 0 Å². The summed E-state index contributed by atoms with van der Waals surface area (Å²) in [7, 11) is 1.50. The number of rotatable bonds is 5. The molecule has 1 aromatic carbocycles. The molecule has 0 radical (unpaired) electrons. The van der Waals surface area contributed by atoms with Crippen LogP contribution in [0.5, 0.6) is 5.75 Å². The van der Waals surface area contributed by atoms with Crippen molar-refractivity contribution in [3.63, 3.8) is 0 Å². The molecule has 0 saturated heterocycles. The molecule has 1 aromatic heterocycles. The van der Waals surface area contributed by atoms with Gasteiger partial charge in [-0.05, 0) is 17.3 Å². The number of amides is 1. The van der Waals surface area contributed by atoms with Crippen LogP contribution in [0.25, 0.3) is 0 Å². The number of benzene rings is 1. The van der Waals surface area contributed by atoms with Crippen molar-refractivity contribution in [3.8, 4) is 5.75 Å². The van der Waals surface area contributed by atoms with E-state index >= 15 is 0 Å². The minimum absolute atomic E-state index is 0.137. The molecule has 2 rings (SSSR count). The average Bonchev–Trinajstić information content (AvgIpc) is 2.86. The molecule has 0 saturated carbocycles. The van der Waals surface area contributed by atoms with Gasteiger partial charge in [-0.25, -0.2) is 0 Å². The third-order valence-electron chi connectivity index (χ3n) is 2.32. The number of aromatic nitrogens is 4. The number of hydrogen-bond donors (Lipinski definition) is 1. The van der Waals surface area contributed by atoms with E-state index in [1.807, 2.05) is 0 Å². The third kappa shape index (κ3) is 2.95. The van der Waals surface area contributed by atoms with Gasteiger partial charge in [0.05, 0.1) is 19.2 Å². The molecule has 0 atom stereocenters. The molecule has 0 aliphatic heterocycles. The number of ether oxygens (including phenoxy) is 1. The Morgan fingerprint density at radius 2 is 2.32 bits per heavy atom. The van der Waals surface area contributed by atoms with Crippen LogP contribution in [0.3, 0.4) is 0 Å². The van der Waals surface area contributed by atoms with E-state index in [2.05, 4.69) is 27.3 Å². The predicted octanol–water partition coefficient (Wildman–Crippen LogP) is 1.12. The van der Waals surface area contributed by atoms with Gasteiger partial charge < -0.3 is 4.74 Å². The lowest BCUT2D eigenvalue weighted by Crippen LogP contribution is -2.14. The summed E-state index contributed by atoms with van der Waals surface area (Å²) in [6, 6.07) is 6.90. The smallest absolute Gasteiger partial charge is 0.270 e. The predicted molar refractivity (Wildman–Crippen MR) is 69.0 cm³/mol. The normalized spacial score (nSPS) is 9.95. The lowest BCUT2D eigenvalue weighted by molar-refractivity contribution is 0.102. The first-order valence-electron chi connectivity index (χ1n) is 5.57. The maximum atomic E-state index is 12.0. The van der Waals surface area contributed by atoms with E-state index in [-0.39, 0.29) is 11.9 Å². The minimum atomic E-state index is -0.351. The van der Waals surface area contributed by atoms with Gasteiger partial charge in [0.15, 0.2) is 0 Å². The molecule has 19 heavy (non-hydrogen) atoms. The molecule has 2 aromatic rings. The summed E-state index contributed by atoms with van der Waals surface area (Å²) in [6.07, 6.45) is 1.63. The Bertz CT molecular complexity index is 593. The second-order valence-corrected chi connectivity index (χ2v) is 3.61. The van der Waals surface area contributed by atoms with Crippen molar-refractivity contribution in [3.05, 3.63) is 42.5 Å². The number of anilines is 1. The first-order chi connectivity index (χ1) is 9.24. The fourth-order valence-electron chi connectivity index (χ4n) is 1.49. The zero-order valence-electron chi connectivity index (χ0n) is 10.4. The monoisotopic (exact) mass is 259 g/mol. The van der Waals surface area contributed by atoms with Crippen LogP contribution < -0.4 is 10.1 Å². The first-order valence-corrected chi connectivity index (χ1v) is 5.57. The first kappa shape index (κ1) is 12.7. The summed E-state index contributed by atoms with van der Waals surface area (Å²) in [6.45, 7) is 3.99. The Balaban J connectivity index is 2.13. The maximum Gasteiger partial charge on any atom is 0.270 e. The van der Waals surface area contributed by atoms with Crippen LogP contribution in [-0.2, 0) is 6.54 Å². The fraction of sp³-hybridized carbons (Fsp3) is 0.167. The Hall–Kier alpha value is -2.70. The van der Waals surface area contributed by atoms with Crippen molar-refractivity contribution < 1.29 is 9.53 Å². The highest BCUT2D eigenvalue weighted by Crippen LogP contribution is 2.17. The van der Waals surface area contributed by atoms with Gasteiger partial charge in [-0.3, -0.25) is 10.1 Å². The number of carbonyl (C=O) groups is 1. The highest BCUT2D eigenvalue weighted by Gasteiger charge is 2.13. The van der Waals surface area contributed by atoms with Gasteiger partial charge in [-0.15, -0.1) is 11.7 Å². The second-order valence-electron chi connectivity index (χ2n) is 3.61. The van der Waals surface area contributed by atoms with Gasteiger partial charge in [-0.2, -0.15) is 4.80 Å². The molecule has 0 bridgehead atoms. The zero-order valence-corrected chi connectivity index (χ0v) is 10.4. The van der Waals surface area contributed by atoms with E-state index in [1.165, 1.54) is 11.9 Å². The summed E-state index contributed by atoms with van der Waals surface area (Å²) in [5.74, 6) is 0.270. The summed E-state index contributed by atoms with van der Waals surface area (Å²) < 4.78 is 5.11. The van der Waals surface area contributed by atoms with Gasteiger partial charge in [-0.1, -0.05) is 23.3 Å². The van der Waals surface area contributed by atoms with Gasteiger partial charge in [0.1, 0.15) is 5.75 Å². The van der Waals surface area contributed by atoms with Crippen LogP contribution in [0, 0.1) is 0 Å². The molecule has 0 spiro atoms. The number of nitrogens with zero attached hydrogens (tertiary/aromatic N) is 4. The largest absolute Gasteiger partial charge is 0.496 e. The summed E-state index contributed by atoms with van der Waals surface area (Å²) in [4.78, 5) is 13.4. The molecule has 0 aliphatic rings. The van der Waals surface area contributed by atoms with Crippen molar-refractivity contribution in [1.82, 2.24) is 20.2 Å². The van der Waals surface area contributed by atoms with E-state index in [1.54, 1.807) is 30.3 Å². The molecule has 1 amide bonds. The van der Waals surface area contributed by atoms with Crippen molar-refractivity contribution in [2.75, 3.05) is 12.4 Å². The molecule has 0 aliphatic carbocycles. The number of para-hydroxylation sites is 1. The van der Waals surface area contributed by atoms with E-state index in [0.29, 0.717) is 17.9 Å². The second kappa shape index (κ2) is 5.76. The van der Waals surface area contributed by atoms with Crippen molar-refractivity contribution in [2.45, 2.75) is 6.54 Å². The average molecular weight is 259 g/mol. The number of allylic oxidation sites excluding steroid dienone is 1. The molecule has 98 valence electrons. The molecule has 0 unspecified atom stereocenters. The molecule has 7 heteroatoms. The number of hydrogen-bond acceptors (Lipinski definition) is 5. The van der Waals surface area contributed by atoms with Crippen LogP contribution in [0.15, 0.2) is 36.9 Å². The highest BCUT2D eigenvalue weighted by molar-refractivity contribution is 6.05. The standard InChI is InChI=1S/C12H13N5O2/c1-3-8-17-15-12(14-16-17)13-11(18)9-6-4-5-7-10(9)19-2/h3-7H,1,8H2,2H3,(H,13,15,18). The summed E-state index contributed by atoms with van der Waals surface area (Å²) in [5, 5.41) is 14.0. The lowest BCUT2D eigenvalue weighted by Gasteiger charge is -2.06. The van der Waals surface area contributed by atoms with Crippen molar-refractivity contribution >= 4 is 11.9 Å². The summed E-state index contributed by atoms with van der Waals surface area (Å²) >= 11 is 0. The van der Waals surface area contributed by atoms with E-state index < -0.39 is 0 Å². The van der Waals surface area contributed by atoms with Crippen LogP contribution in [0.1, 0.15) is 10.4 Å². The van der Waals surface area contributed by atoms with Gasteiger partial charge >= 0.3 is 0 Å². The zero-order chi connectivity index (χ0) is 13.7. The van der Waals surface area contributed by atoms with Gasteiger partial charge in [0.25, 0.3) is 11.9 Å². The molecule has 7 nitrogen and oxygen atoms in total. The lowest BCUT2D eigenvalue weighted by atomic mass is 10.2. The SMILES string of the molecule is C=CCn1nnc(NC(=O)c2ccccc2OC)n1. The highest BCUT2D eigenvalue weighted by atomic mass is 16.5. The Morgan fingerprint density at radius 3 is 3.05 bits per heavy atom. The fourth-order valence-corrected chi connectivity index (χ4v) is 1.49. The molecule has 1 N–H and O–H groups in total. The van der Waals surface area contributed by atoms with Crippen LogP contribution >= 0.6 is 0 Å². The third-order valence-corrected chi connectivity index (χ3v) is 2.32. The van der Waals surface area contributed by atoms with Gasteiger partial charge in [0, 0.05) is 0 Å². The Morgan fingerprint density at radius 1 is 1.53 bits per heavy atom. The molecule has 0 fully saturated rings. The number of methoxy groups -OCH3 is 1. The van der Waals surface area contributed by atoms with E-state index in [4.69, 9.17) is 4.74 Å². The molecular weight excluding hydrogens is 246 g/mol. The van der Waals surface area contributed by atoms with Crippen LogP contribution in [0.4, 0.5) is 5.95 Å². The number of carbonyl (C=O) groups excluding carboxylic acids is 1. The Labute approximate surface area is 109 Å². The molecule has 1 heterocycles. The topological polar surface area (TPSA) is 81.9 Å². The Kier molecular flexibility index (Phi) is 3.87. The van der Waals surface area contributed by atoms with E-state index in [0.717, 1.165) is 0 Å². The van der Waals surface area contributed by atoms with Crippen molar-refractivity contribution in [1.29, 1.82) is 0 Å². The van der Waals surface area contributed by atoms with E-state index in [9.17, 15) is 4.79 Å². The maximum absolute atomic E-state index is 12.0. The summed E-state index contributed by atoms with van der Waals surface area (Å²) in [5.41, 5.74) is 0.407. The minimum Gasteiger partial charge on any atom is -0.496 e. The van der Waals surface area contributed by atoms with Crippen LogP contribution in [0.2, 0.25) is 0 Å².